The van der Waals surface area contributed by atoms with Crippen LogP contribution in [-0.2, 0) is 22.4 Å². The van der Waals surface area contributed by atoms with Crippen LogP contribution in [0.2, 0.25) is 0 Å². The minimum absolute atomic E-state index is 0. The number of rotatable bonds is 0. The van der Waals surface area contributed by atoms with Crippen LogP contribution in [0.1, 0.15) is 20.8 Å². The van der Waals surface area contributed by atoms with Crippen molar-refractivity contribution >= 4 is 0 Å². The van der Waals surface area contributed by atoms with E-state index in [1.165, 1.54) is 0 Å². The van der Waals surface area contributed by atoms with Gasteiger partial charge in [-0.2, -0.15) is 0 Å². The van der Waals surface area contributed by atoms with Gasteiger partial charge >= 0.3 is 0 Å². The van der Waals surface area contributed by atoms with Gasteiger partial charge in [0.25, 0.3) is 0 Å². The summed E-state index contributed by atoms with van der Waals surface area (Å²) in [6, 6.07) is 0. The predicted octanol–water partition coefficient (Wildman–Crippen LogP) is 0.775. The molecule has 1 N–H and O–H groups in total. The summed E-state index contributed by atoms with van der Waals surface area (Å²) in [5.74, 6) is 0. The van der Waals surface area contributed by atoms with Gasteiger partial charge in [-0.05, 0) is 20.8 Å². The molecular formula is C4H10OTa. The molecule has 0 spiro atoms. The minimum Gasteiger partial charge on any atom is -0.391 e. The van der Waals surface area contributed by atoms with Gasteiger partial charge < -0.3 is 5.11 Å². The van der Waals surface area contributed by atoms with Crippen molar-refractivity contribution in [2.24, 2.45) is 0 Å². The van der Waals surface area contributed by atoms with Crippen molar-refractivity contribution in [2.45, 2.75) is 26.4 Å². The van der Waals surface area contributed by atoms with Crippen LogP contribution < -0.4 is 0 Å². The Bertz CT molecular complexity index is 23.0. The molecular weight excluding hydrogens is 245 g/mol. The molecule has 0 heterocycles. The van der Waals surface area contributed by atoms with E-state index in [-0.39, 0.29) is 22.4 Å². The van der Waals surface area contributed by atoms with E-state index in [9.17, 15) is 0 Å². The first-order valence-corrected chi connectivity index (χ1v) is 1.72. The molecule has 0 fully saturated rings. The molecule has 1 nitrogen and oxygen atoms in total. The molecule has 0 aliphatic rings. The van der Waals surface area contributed by atoms with Crippen molar-refractivity contribution in [2.75, 3.05) is 0 Å². The summed E-state index contributed by atoms with van der Waals surface area (Å²) in [4.78, 5) is 0. The normalized spacial score (nSPS) is 10.0. The monoisotopic (exact) mass is 255 g/mol. The molecule has 0 saturated carbocycles. The predicted molar refractivity (Wildman–Crippen MR) is 22.0 cm³/mol. The zero-order valence-electron chi connectivity index (χ0n) is 4.39. The van der Waals surface area contributed by atoms with Crippen LogP contribution in [0.4, 0.5) is 0 Å². The van der Waals surface area contributed by atoms with Crippen LogP contribution in [0, 0.1) is 0 Å². The average molecular weight is 255 g/mol. The Balaban J connectivity index is 0. The molecule has 0 unspecified atom stereocenters. The summed E-state index contributed by atoms with van der Waals surface area (Å²) in [6.07, 6.45) is 0. The van der Waals surface area contributed by atoms with E-state index in [0.717, 1.165) is 0 Å². The van der Waals surface area contributed by atoms with E-state index in [2.05, 4.69) is 0 Å². The Labute approximate surface area is 54.3 Å². The number of aliphatic hydroxyl groups is 1. The first kappa shape index (κ1) is 9.85. The van der Waals surface area contributed by atoms with Gasteiger partial charge in [0.2, 0.25) is 0 Å². The Kier molecular flexibility index (Phi) is 4.61. The van der Waals surface area contributed by atoms with E-state index in [0.29, 0.717) is 0 Å². The zero-order valence-corrected chi connectivity index (χ0v) is 7.61. The second kappa shape index (κ2) is 2.81. The summed E-state index contributed by atoms with van der Waals surface area (Å²) in [6.45, 7) is 5.23. The molecule has 0 amide bonds. The molecule has 0 atom stereocenters. The van der Waals surface area contributed by atoms with Gasteiger partial charge in [0, 0.05) is 22.4 Å². The summed E-state index contributed by atoms with van der Waals surface area (Å²) < 4.78 is 0. The molecule has 0 saturated heterocycles. The van der Waals surface area contributed by atoms with Gasteiger partial charge in [-0.1, -0.05) is 0 Å². The van der Waals surface area contributed by atoms with Gasteiger partial charge in [0.1, 0.15) is 0 Å². The van der Waals surface area contributed by atoms with Gasteiger partial charge in [-0.3, -0.25) is 0 Å². The number of hydrogen-bond acceptors (Lipinski definition) is 1. The molecule has 2 heteroatoms. The van der Waals surface area contributed by atoms with E-state index in [4.69, 9.17) is 5.11 Å². The van der Waals surface area contributed by atoms with E-state index in [1.54, 1.807) is 20.8 Å². The summed E-state index contributed by atoms with van der Waals surface area (Å²) in [7, 11) is 0. The van der Waals surface area contributed by atoms with Crippen LogP contribution in [0.5, 0.6) is 0 Å². The van der Waals surface area contributed by atoms with Gasteiger partial charge in [-0.25, -0.2) is 0 Å². The standard InChI is InChI=1S/C4H10O.Ta/c1-4(2,3)5;/h5H,1-3H3;. The number of hydrogen-bond donors (Lipinski definition) is 1. The van der Waals surface area contributed by atoms with E-state index >= 15 is 0 Å². The van der Waals surface area contributed by atoms with Crippen LogP contribution in [0.25, 0.3) is 0 Å². The second-order valence-corrected chi connectivity index (χ2v) is 2.17. The average Bonchev–Trinajstić information content (AvgIpc) is 0.722. The maximum Gasteiger partial charge on any atom is 0.0563 e. The second-order valence-electron chi connectivity index (χ2n) is 2.17. The van der Waals surface area contributed by atoms with Crippen LogP contribution >= 0.6 is 0 Å². The fourth-order valence-corrected chi connectivity index (χ4v) is 0. The Morgan fingerprint density at radius 3 is 1.17 bits per heavy atom. The van der Waals surface area contributed by atoms with Crippen LogP contribution in [0.3, 0.4) is 0 Å². The van der Waals surface area contributed by atoms with Gasteiger partial charge in [0.05, 0.1) is 5.60 Å². The fourth-order valence-electron chi connectivity index (χ4n) is 0. The molecule has 0 aliphatic heterocycles. The first-order chi connectivity index (χ1) is 2.00. The molecule has 0 aromatic heterocycles. The third-order valence-electron chi connectivity index (χ3n) is 0. The Morgan fingerprint density at radius 1 is 1.17 bits per heavy atom. The topological polar surface area (TPSA) is 20.2 Å². The summed E-state index contributed by atoms with van der Waals surface area (Å²) in [5.41, 5.74) is -0.500. The molecule has 0 rings (SSSR count). The quantitative estimate of drug-likeness (QED) is 0.678. The summed E-state index contributed by atoms with van der Waals surface area (Å²) in [5, 5.41) is 8.52. The van der Waals surface area contributed by atoms with E-state index in [1.807, 2.05) is 0 Å². The molecule has 0 aromatic carbocycles. The van der Waals surface area contributed by atoms with Crippen molar-refractivity contribution in [3.8, 4) is 0 Å². The maximum absolute atomic E-state index is 8.52. The third-order valence-corrected chi connectivity index (χ3v) is 0. The van der Waals surface area contributed by atoms with E-state index < -0.39 is 5.60 Å². The largest absolute Gasteiger partial charge is 0.391 e. The Morgan fingerprint density at radius 2 is 1.17 bits per heavy atom. The molecule has 0 bridgehead atoms. The maximum atomic E-state index is 8.52. The van der Waals surface area contributed by atoms with Crippen molar-refractivity contribution in [3.63, 3.8) is 0 Å². The Hall–Kier alpha value is 0.700. The van der Waals surface area contributed by atoms with Crippen LogP contribution in [-0.4, -0.2) is 10.7 Å². The van der Waals surface area contributed by atoms with Crippen molar-refractivity contribution in [1.82, 2.24) is 0 Å². The van der Waals surface area contributed by atoms with Crippen molar-refractivity contribution in [3.05, 3.63) is 0 Å². The smallest absolute Gasteiger partial charge is 0.0563 e. The van der Waals surface area contributed by atoms with Gasteiger partial charge in [-0.15, -0.1) is 0 Å². The van der Waals surface area contributed by atoms with Crippen molar-refractivity contribution < 1.29 is 27.5 Å². The first-order valence-electron chi connectivity index (χ1n) is 1.72. The van der Waals surface area contributed by atoms with Gasteiger partial charge in [0.15, 0.2) is 0 Å². The SMILES string of the molecule is CC(C)(C)O.[Ta]. The van der Waals surface area contributed by atoms with Crippen LogP contribution in [0.15, 0.2) is 0 Å². The molecule has 0 aliphatic carbocycles. The molecule has 1 radical (unpaired) electrons. The molecule has 37 valence electrons. The molecule has 0 aromatic rings. The third kappa shape index (κ3) is 131. The molecule has 6 heavy (non-hydrogen) atoms. The minimum atomic E-state index is -0.500. The zero-order chi connectivity index (χ0) is 4.50. The summed E-state index contributed by atoms with van der Waals surface area (Å²) >= 11 is 0. The fraction of sp³-hybridized carbons (Fsp3) is 1.00. The van der Waals surface area contributed by atoms with Crippen molar-refractivity contribution in [1.29, 1.82) is 0 Å².